The van der Waals surface area contributed by atoms with Crippen LogP contribution in [0.4, 0.5) is 0 Å². The van der Waals surface area contributed by atoms with E-state index in [1.165, 1.54) is 32.4 Å². The molecule has 2 heterocycles. The zero-order valence-corrected chi connectivity index (χ0v) is 10.4. The fourth-order valence-corrected chi connectivity index (χ4v) is 3.49. The van der Waals surface area contributed by atoms with E-state index >= 15 is 0 Å². The van der Waals surface area contributed by atoms with Crippen LogP contribution < -0.4 is 5.76 Å². The number of nitrogens with zero attached hydrogens (tertiary/aromatic N) is 1. The van der Waals surface area contributed by atoms with Crippen LogP contribution in [0, 0.1) is 5.92 Å². The van der Waals surface area contributed by atoms with Crippen molar-refractivity contribution in [2.75, 3.05) is 13.1 Å². The van der Waals surface area contributed by atoms with E-state index in [-0.39, 0.29) is 5.76 Å². The number of likely N-dealkylation sites (tertiary alicyclic amines) is 1. The molecule has 4 nitrogen and oxygen atoms in total. The van der Waals surface area contributed by atoms with E-state index in [4.69, 9.17) is 4.42 Å². The summed E-state index contributed by atoms with van der Waals surface area (Å²) in [5.74, 6) is 1.32. The highest BCUT2D eigenvalue weighted by Crippen LogP contribution is 2.33. The van der Waals surface area contributed by atoms with Crippen LogP contribution >= 0.6 is 0 Å². The first kappa shape index (κ1) is 11.1. The third-order valence-corrected chi connectivity index (χ3v) is 4.21. The number of fused-ring (bicyclic) bond motifs is 2. The van der Waals surface area contributed by atoms with Crippen molar-refractivity contribution >= 4 is 0 Å². The molecule has 0 saturated carbocycles. The predicted octanol–water partition coefficient (Wildman–Crippen LogP) is 1.56. The molecule has 0 spiro atoms. The lowest BCUT2D eigenvalue weighted by molar-refractivity contribution is 0.0796. The average molecular weight is 236 g/mol. The molecule has 2 aliphatic rings. The van der Waals surface area contributed by atoms with Gasteiger partial charge in [0.25, 0.3) is 0 Å². The Kier molecular flexibility index (Phi) is 2.82. The topological polar surface area (TPSA) is 49.2 Å². The number of aromatic nitrogens is 1. The molecule has 1 N–H and O–H groups in total. The van der Waals surface area contributed by atoms with Gasteiger partial charge in [-0.2, -0.15) is 0 Å². The van der Waals surface area contributed by atoms with Crippen LogP contribution in [-0.2, 0) is 12.8 Å². The minimum atomic E-state index is -0.282. The smallest absolute Gasteiger partial charge is 0.413 e. The van der Waals surface area contributed by atoms with E-state index < -0.39 is 0 Å². The van der Waals surface area contributed by atoms with Crippen LogP contribution in [0.5, 0.6) is 0 Å². The Morgan fingerprint density at radius 3 is 3.18 bits per heavy atom. The molecule has 4 heteroatoms. The summed E-state index contributed by atoms with van der Waals surface area (Å²) in [6.07, 6.45) is 5.69. The van der Waals surface area contributed by atoms with Crippen molar-refractivity contribution in [1.82, 2.24) is 9.88 Å². The molecule has 1 aliphatic heterocycles. The molecule has 94 valence electrons. The van der Waals surface area contributed by atoms with E-state index in [1.54, 1.807) is 0 Å². The van der Waals surface area contributed by atoms with Gasteiger partial charge in [0.15, 0.2) is 0 Å². The molecule has 1 aromatic rings. The molecular formula is C13H20N2O2. The summed E-state index contributed by atoms with van der Waals surface area (Å²) < 4.78 is 5.24. The minimum Gasteiger partial charge on any atom is -0.413 e. The van der Waals surface area contributed by atoms with Crippen LogP contribution in [0.15, 0.2) is 9.21 Å². The first-order valence-electron chi connectivity index (χ1n) is 6.73. The second-order valence-electron chi connectivity index (χ2n) is 5.33. The summed E-state index contributed by atoms with van der Waals surface area (Å²) in [6, 6.07) is 0.593. The number of oxazole rings is 1. The number of aromatic amines is 1. The van der Waals surface area contributed by atoms with Gasteiger partial charge in [-0.1, -0.05) is 6.92 Å². The van der Waals surface area contributed by atoms with Gasteiger partial charge in [0, 0.05) is 12.5 Å². The molecule has 1 aliphatic carbocycles. The van der Waals surface area contributed by atoms with E-state index in [0.29, 0.717) is 12.0 Å². The highest BCUT2D eigenvalue weighted by atomic mass is 16.4. The highest BCUT2D eigenvalue weighted by molar-refractivity contribution is 5.16. The molecule has 0 amide bonds. The van der Waals surface area contributed by atoms with Gasteiger partial charge in [-0.05, 0) is 44.7 Å². The Hall–Kier alpha value is -1.03. The summed E-state index contributed by atoms with van der Waals surface area (Å²) in [7, 11) is 0. The van der Waals surface area contributed by atoms with Gasteiger partial charge < -0.3 is 4.42 Å². The van der Waals surface area contributed by atoms with Crippen LogP contribution in [0.2, 0.25) is 0 Å². The molecule has 2 atom stereocenters. The highest BCUT2D eigenvalue weighted by Gasteiger charge is 2.37. The third kappa shape index (κ3) is 1.95. The second kappa shape index (κ2) is 4.33. The van der Waals surface area contributed by atoms with Gasteiger partial charge in [-0.3, -0.25) is 9.88 Å². The largest absolute Gasteiger partial charge is 0.416 e. The maximum Gasteiger partial charge on any atom is 0.416 e. The Labute approximate surface area is 101 Å². The number of piperidine rings is 1. The monoisotopic (exact) mass is 236 g/mol. The number of rotatable bonds is 2. The summed E-state index contributed by atoms with van der Waals surface area (Å²) in [4.78, 5) is 16.7. The average Bonchev–Trinajstić information content (AvgIpc) is 2.66. The molecule has 0 unspecified atom stereocenters. The lowest BCUT2D eigenvalue weighted by atomic mass is 9.79. The van der Waals surface area contributed by atoms with E-state index in [1.807, 2.05) is 0 Å². The van der Waals surface area contributed by atoms with E-state index in [2.05, 4.69) is 16.8 Å². The Morgan fingerprint density at radius 1 is 1.47 bits per heavy atom. The van der Waals surface area contributed by atoms with E-state index in [9.17, 15) is 4.79 Å². The fraction of sp³-hybridized carbons (Fsp3) is 0.769. The molecule has 1 aromatic heterocycles. The van der Waals surface area contributed by atoms with Gasteiger partial charge >= 0.3 is 5.76 Å². The van der Waals surface area contributed by atoms with Crippen LogP contribution in [0.25, 0.3) is 0 Å². The van der Waals surface area contributed by atoms with Crippen molar-refractivity contribution < 1.29 is 4.42 Å². The molecule has 0 bridgehead atoms. The summed E-state index contributed by atoms with van der Waals surface area (Å²) in [5, 5.41) is 0. The second-order valence-corrected chi connectivity index (χ2v) is 5.33. The van der Waals surface area contributed by atoms with Gasteiger partial charge in [-0.25, -0.2) is 4.79 Å². The van der Waals surface area contributed by atoms with Crippen LogP contribution in [0.1, 0.15) is 37.6 Å². The number of hydrogen-bond acceptors (Lipinski definition) is 3. The first-order valence-corrected chi connectivity index (χ1v) is 6.73. The third-order valence-electron chi connectivity index (χ3n) is 4.21. The lowest BCUT2D eigenvalue weighted by Gasteiger charge is -2.43. The normalized spacial score (nSPS) is 28.8. The summed E-state index contributed by atoms with van der Waals surface area (Å²) in [6.45, 7) is 4.61. The van der Waals surface area contributed by atoms with Crippen molar-refractivity contribution in [3.05, 3.63) is 22.0 Å². The Bertz CT molecular complexity index is 447. The van der Waals surface area contributed by atoms with Crippen molar-refractivity contribution in [3.8, 4) is 0 Å². The molecule has 0 radical (unpaired) electrons. The number of hydrogen-bond donors (Lipinski definition) is 1. The van der Waals surface area contributed by atoms with Gasteiger partial charge in [-0.15, -0.1) is 0 Å². The van der Waals surface area contributed by atoms with Crippen LogP contribution in [-0.4, -0.2) is 29.0 Å². The quantitative estimate of drug-likeness (QED) is 0.847. The summed E-state index contributed by atoms with van der Waals surface area (Å²) >= 11 is 0. The first-order chi connectivity index (χ1) is 8.28. The summed E-state index contributed by atoms with van der Waals surface area (Å²) in [5.41, 5.74) is 1.05. The zero-order chi connectivity index (χ0) is 11.8. The minimum absolute atomic E-state index is 0.282. The Balaban J connectivity index is 1.85. The maximum absolute atomic E-state index is 11.2. The molecule has 0 aromatic carbocycles. The molecular weight excluding hydrogens is 216 g/mol. The van der Waals surface area contributed by atoms with Gasteiger partial charge in [0.05, 0.1) is 5.69 Å². The van der Waals surface area contributed by atoms with E-state index in [0.717, 1.165) is 24.3 Å². The SMILES string of the molecule is CCCN1CCC[C@H]2Cc3[nH]c(=O)oc3C[C@@H]21. The van der Waals surface area contributed by atoms with Gasteiger partial charge in [0.1, 0.15) is 5.76 Å². The molecule has 3 rings (SSSR count). The standard InChI is InChI=1S/C13H20N2O2/c1-2-5-15-6-3-4-9-7-10-12(8-11(9)15)17-13(16)14-10/h9,11H,2-8H2,1H3,(H,14,16)/t9-,11-/m0/s1. The molecule has 1 fully saturated rings. The van der Waals surface area contributed by atoms with Crippen molar-refractivity contribution in [2.45, 2.75) is 45.1 Å². The lowest BCUT2D eigenvalue weighted by Crippen LogP contribution is -2.49. The molecule has 1 saturated heterocycles. The number of nitrogens with one attached hydrogen (secondary N) is 1. The van der Waals surface area contributed by atoms with Crippen LogP contribution in [0.3, 0.4) is 0 Å². The maximum atomic E-state index is 11.2. The zero-order valence-electron chi connectivity index (χ0n) is 10.4. The van der Waals surface area contributed by atoms with Gasteiger partial charge in [0.2, 0.25) is 0 Å². The fourth-order valence-electron chi connectivity index (χ4n) is 3.49. The van der Waals surface area contributed by atoms with Crippen molar-refractivity contribution in [3.63, 3.8) is 0 Å². The van der Waals surface area contributed by atoms with Crippen molar-refractivity contribution in [2.24, 2.45) is 5.92 Å². The number of H-pyrrole nitrogens is 1. The Morgan fingerprint density at radius 2 is 2.35 bits per heavy atom. The van der Waals surface area contributed by atoms with Crippen molar-refractivity contribution in [1.29, 1.82) is 0 Å². The molecule has 17 heavy (non-hydrogen) atoms. The predicted molar refractivity (Wildman–Crippen MR) is 65.1 cm³/mol.